The molecule has 0 bridgehead atoms. The zero-order valence-corrected chi connectivity index (χ0v) is 9.67. The Balaban J connectivity index is 2.41. The first-order valence-corrected chi connectivity index (χ1v) is 5.31. The van der Waals surface area contributed by atoms with Gasteiger partial charge in [-0.2, -0.15) is 0 Å². The smallest absolute Gasteiger partial charge is 0.411 e. The molecule has 0 fully saturated rings. The molecule has 1 aliphatic rings. The molecule has 0 unspecified atom stereocenters. The van der Waals surface area contributed by atoms with Crippen molar-refractivity contribution >= 4 is 6.09 Å². The van der Waals surface area contributed by atoms with Gasteiger partial charge in [-0.1, -0.05) is 18.2 Å². The first kappa shape index (κ1) is 11.8. The van der Waals surface area contributed by atoms with E-state index < -0.39 is 5.60 Å². The Morgan fingerprint density at radius 2 is 2.13 bits per heavy atom. The molecule has 1 rings (SSSR count). The molecule has 84 valence electrons. The number of allylic oxidation sites excluding steroid dienone is 4. The molecular formula is C12H19NO2. The number of alkyl carbamates (subject to hydrolysis) is 1. The number of nitrogens with one attached hydrogen (secondary N) is 1. The average molecular weight is 209 g/mol. The third-order valence-electron chi connectivity index (χ3n) is 1.91. The predicted octanol–water partition coefficient (Wildman–Crippen LogP) is 3.14. The summed E-state index contributed by atoms with van der Waals surface area (Å²) < 4.78 is 5.17. The maximum Gasteiger partial charge on any atom is 0.411 e. The molecule has 0 aliphatic heterocycles. The van der Waals surface area contributed by atoms with E-state index in [9.17, 15) is 4.79 Å². The van der Waals surface area contributed by atoms with Crippen LogP contribution in [0.1, 0.15) is 40.0 Å². The van der Waals surface area contributed by atoms with Gasteiger partial charge in [0.1, 0.15) is 5.60 Å². The van der Waals surface area contributed by atoms with Crippen molar-refractivity contribution in [3.8, 4) is 0 Å². The normalized spacial score (nSPS) is 16.6. The van der Waals surface area contributed by atoms with Crippen LogP contribution in [-0.4, -0.2) is 11.7 Å². The Bertz CT molecular complexity index is 284. The first-order valence-electron chi connectivity index (χ1n) is 5.31. The van der Waals surface area contributed by atoms with Gasteiger partial charge in [0.05, 0.1) is 0 Å². The second kappa shape index (κ2) is 5.01. The van der Waals surface area contributed by atoms with Gasteiger partial charge in [-0.3, -0.25) is 5.32 Å². The van der Waals surface area contributed by atoms with Crippen LogP contribution in [0.15, 0.2) is 23.9 Å². The lowest BCUT2D eigenvalue weighted by atomic mass is 10.2. The molecule has 0 spiro atoms. The Labute approximate surface area is 91.2 Å². The summed E-state index contributed by atoms with van der Waals surface area (Å²) in [6.45, 7) is 5.57. The lowest BCUT2D eigenvalue weighted by molar-refractivity contribution is 0.0544. The Morgan fingerprint density at radius 3 is 2.80 bits per heavy atom. The lowest BCUT2D eigenvalue weighted by Crippen LogP contribution is -2.32. The number of rotatable bonds is 1. The largest absolute Gasteiger partial charge is 0.444 e. The first-order chi connectivity index (χ1) is 6.97. The predicted molar refractivity (Wildman–Crippen MR) is 60.4 cm³/mol. The topological polar surface area (TPSA) is 38.3 Å². The van der Waals surface area contributed by atoms with Gasteiger partial charge in [-0.15, -0.1) is 0 Å². The summed E-state index contributed by atoms with van der Waals surface area (Å²) in [5, 5.41) is 2.78. The van der Waals surface area contributed by atoms with Crippen LogP contribution >= 0.6 is 0 Å². The molecule has 1 aliphatic carbocycles. The van der Waals surface area contributed by atoms with Gasteiger partial charge in [0.15, 0.2) is 0 Å². The van der Waals surface area contributed by atoms with Crippen LogP contribution in [0.2, 0.25) is 0 Å². The fourth-order valence-corrected chi connectivity index (χ4v) is 1.31. The van der Waals surface area contributed by atoms with Crippen molar-refractivity contribution < 1.29 is 9.53 Å². The molecule has 0 aromatic carbocycles. The fourth-order valence-electron chi connectivity index (χ4n) is 1.31. The molecule has 0 saturated heterocycles. The van der Waals surface area contributed by atoms with Gasteiger partial charge in [0.2, 0.25) is 0 Å². The van der Waals surface area contributed by atoms with E-state index in [2.05, 4.69) is 17.5 Å². The Kier molecular flexibility index (Phi) is 3.95. The minimum atomic E-state index is -0.437. The number of ether oxygens (including phenoxy) is 1. The second-order valence-corrected chi connectivity index (χ2v) is 4.60. The summed E-state index contributed by atoms with van der Waals surface area (Å²) in [6, 6.07) is 0. The van der Waals surface area contributed by atoms with Crippen LogP contribution in [0.4, 0.5) is 4.79 Å². The summed E-state index contributed by atoms with van der Waals surface area (Å²) in [4.78, 5) is 11.4. The van der Waals surface area contributed by atoms with Crippen molar-refractivity contribution in [2.45, 2.75) is 45.6 Å². The van der Waals surface area contributed by atoms with Crippen LogP contribution in [0, 0.1) is 0 Å². The zero-order valence-electron chi connectivity index (χ0n) is 9.67. The van der Waals surface area contributed by atoms with Crippen molar-refractivity contribution in [2.24, 2.45) is 0 Å². The van der Waals surface area contributed by atoms with Gasteiger partial charge in [-0.05, 0) is 40.0 Å². The third kappa shape index (κ3) is 5.25. The molecule has 0 saturated carbocycles. The summed E-state index contributed by atoms with van der Waals surface area (Å²) in [5.74, 6) is 0. The van der Waals surface area contributed by atoms with Gasteiger partial charge >= 0.3 is 6.09 Å². The van der Waals surface area contributed by atoms with Crippen molar-refractivity contribution in [1.82, 2.24) is 5.32 Å². The van der Waals surface area contributed by atoms with E-state index in [0.717, 1.165) is 25.0 Å². The van der Waals surface area contributed by atoms with E-state index in [0.29, 0.717) is 0 Å². The number of amides is 1. The molecule has 0 heterocycles. The van der Waals surface area contributed by atoms with Crippen molar-refractivity contribution in [3.63, 3.8) is 0 Å². The number of carbonyl (C=O) groups is 1. The maximum absolute atomic E-state index is 11.4. The molecular weight excluding hydrogens is 190 g/mol. The van der Waals surface area contributed by atoms with Gasteiger partial charge < -0.3 is 4.74 Å². The van der Waals surface area contributed by atoms with Gasteiger partial charge in [0.25, 0.3) is 0 Å². The van der Waals surface area contributed by atoms with Gasteiger partial charge in [0, 0.05) is 5.70 Å². The van der Waals surface area contributed by atoms with E-state index >= 15 is 0 Å². The molecule has 1 amide bonds. The highest BCUT2D eigenvalue weighted by Gasteiger charge is 2.16. The summed E-state index contributed by atoms with van der Waals surface area (Å²) in [5.41, 5.74) is 0.516. The summed E-state index contributed by atoms with van der Waals surface area (Å²) in [6.07, 6.45) is 8.61. The standard InChI is InChI=1S/C12H19NO2/c1-12(2,3)15-11(14)13-10-8-6-4-5-7-9-10/h4-5,8H,6-7,9H2,1-3H3,(H,13,14). The quantitative estimate of drug-likeness (QED) is 0.674. The van der Waals surface area contributed by atoms with Crippen molar-refractivity contribution in [3.05, 3.63) is 23.9 Å². The monoisotopic (exact) mass is 209 g/mol. The van der Waals surface area contributed by atoms with E-state index in [1.807, 2.05) is 26.8 Å². The van der Waals surface area contributed by atoms with Crippen molar-refractivity contribution in [2.75, 3.05) is 0 Å². The molecule has 0 atom stereocenters. The third-order valence-corrected chi connectivity index (χ3v) is 1.91. The van der Waals surface area contributed by atoms with E-state index in [1.165, 1.54) is 0 Å². The van der Waals surface area contributed by atoms with Crippen LogP contribution < -0.4 is 5.32 Å². The van der Waals surface area contributed by atoms with E-state index in [-0.39, 0.29) is 6.09 Å². The highest BCUT2D eigenvalue weighted by molar-refractivity contribution is 5.70. The Hall–Kier alpha value is -1.25. The number of carbonyl (C=O) groups excluding carboxylic acids is 1. The van der Waals surface area contributed by atoms with Gasteiger partial charge in [-0.25, -0.2) is 4.79 Å². The van der Waals surface area contributed by atoms with E-state index in [1.54, 1.807) is 0 Å². The second-order valence-electron chi connectivity index (χ2n) is 4.60. The average Bonchev–Trinajstić information content (AvgIpc) is 2.28. The highest BCUT2D eigenvalue weighted by Crippen LogP contribution is 2.11. The molecule has 0 aromatic heterocycles. The minimum Gasteiger partial charge on any atom is -0.444 e. The molecule has 3 heteroatoms. The lowest BCUT2D eigenvalue weighted by Gasteiger charge is -2.20. The highest BCUT2D eigenvalue weighted by atomic mass is 16.6. The van der Waals surface area contributed by atoms with E-state index in [4.69, 9.17) is 4.74 Å². The van der Waals surface area contributed by atoms with Crippen LogP contribution in [0.25, 0.3) is 0 Å². The molecule has 3 nitrogen and oxygen atoms in total. The van der Waals surface area contributed by atoms with Crippen molar-refractivity contribution in [1.29, 1.82) is 0 Å². The van der Waals surface area contributed by atoms with Crippen LogP contribution in [0.5, 0.6) is 0 Å². The van der Waals surface area contributed by atoms with Crippen LogP contribution in [0.3, 0.4) is 0 Å². The minimum absolute atomic E-state index is 0.365. The fraction of sp³-hybridized carbons (Fsp3) is 0.583. The molecule has 0 radical (unpaired) electrons. The number of hydrogen-bond donors (Lipinski definition) is 1. The number of hydrogen-bond acceptors (Lipinski definition) is 2. The molecule has 1 N–H and O–H groups in total. The summed E-state index contributed by atoms with van der Waals surface area (Å²) in [7, 11) is 0. The summed E-state index contributed by atoms with van der Waals surface area (Å²) >= 11 is 0. The SMILES string of the molecule is CC(C)(C)OC(=O)NC1=CCC=CCC1. The maximum atomic E-state index is 11.4. The molecule has 15 heavy (non-hydrogen) atoms. The zero-order chi connectivity index (χ0) is 11.3. The Morgan fingerprint density at radius 1 is 1.40 bits per heavy atom. The van der Waals surface area contributed by atoms with Crippen LogP contribution in [-0.2, 0) is 4.74 Å². The molecule has 0 aromatic rings.